The van der Waals surface area contributed by atoms with Gasteiger partial charge in [-0.15, -0.1) is 0 Å². The summed E-state index contributed by atoms with van der Waals surface area (Å²) in [6, 6.07) is 17.4. The molecule has 168 valence electrons. The normalized spacial score (nSPS) is 16.2. The lowest BCUT2D eigenvalue weighted by atomic mass is 10.00. The minimum Gasteiger partial charge on any atom is -0.497 e. The second kappa shape index (κ2) is 8.93. The second-order valence-corrected chi connectivity index (χ2v) is 8.72. The van der Waals surface area contributed by atoms with E-state index in [0.29, 0.717) is 23.8 Å². The maximum atomic E-state index is 13.1. The van der Waals surface area contributed by atoms with Gasteiger partial charge in [0.2, 0.25) is 5.78 Å². The molecule has 0 aliphatic carbocycles. The zero-order valence-electron chi connectivity index (χ0n) is 18.6. The van der Waals surface area contributed by atoms with Crippen molar-refractivity contribution in [1.82, 2.24) is 4.90 Å². The number of methoxy groups -OCH3 is 1. The van der Waals surface area contributed by atoms with E-state index in [4.69, 9.17) is 25.8 Å². The molecule has 3 aromatic carbocycles. The molecule has 0 saturated heterocycles. The van der Waals surface area contributed by atoms with E-state index in [2.05, 4.69) is 4.90 Å². The van der Waals surface area contributed by atoms with Crippen LogP contribution in [0.25, 0.3) is 6.08 Å². The highest BCUT2D eigenvalue weighted by Crippen LogP contribution is 2.43. The van der Waals surface area contributed by atoms with Crippen molar-refractivity contribution in [1.29, 1.82) is 0 Å². The van der Waals surface area contributed by atoms with Gasteiger partial charge in [0, 0.05) is 29.2 Å². The highest BCUT2D eigenvalue weighted by molar-refractivity contribution is 6.30. The summed E-state index contributed by atoms with van der Waals surface area (Å²) in [5.41, 5.74) is 4.53. The summed E-state index contributed by atoms with van der Waals surface area (Å²) in [5.74, 6) is 2.32. The van der Waals surface area contributed by atoms with Crippen molar-refractivity contribution in [2.75, 3.05) is 20.4 Å². The van der Waals surface area contributed by atoms with E-state index < -0.39 is 0 Å². The molecule has 0 amide bonds. The number of carbonyl (C=O) groups is 1. The molecule has 0 aromatic heterocycles. The van der Waals surface area contributed by atoms with Crippen LogP contribution in [-0.4, -0.2) is 31.1 Å². The summed E-state index contributed by atoms with van der Waals surface area (Å²) in [4.78, 5) is 15.4. The first-order valence-corrected chi connectivity index (χ1v) is 11.2. The molecule has 0 atom stereocenters. The van der Waals surface area contributed by atoms with Crippen molar-refractivity contribution in [2.45, 2.75) is 19.9 Å². The molecule has 33 heavy (non-hydrogen) atoms. The van der Waals surface area contributed by atoms with Crippen molar-refractivity contribution < 1.29 is 19.0 Å². The van der Waals surface area contributed by atoms with E-state index >= 15 is 0 Å². The molecule has 2 aliphatic heterocycles. The first-order valence-electron chi connectivity index (χ1n) is 10.9. The number of fused-ring (bicyclic) bond motifs is 2. The summed E-state index contributed by atoms with van der Waals surface area (Å²) >= 11 is 5.98. The van der Waals surface area contributed by atoms with Crippen molar-refractivity contribution in [2.24, 2.45) is 0 Å². The van der Waals surface area contributed by atoms with Gasteiger partial charge in [-0.3, -0.25) is 9.69 Å². The Morgan fingerprint density at radius 3 is 2.73 bits per heavy atom. The molecular formula is C27H24ClNO4. The Morgan fingerprint density at radius 1 is 1.12 bits per heavy atom. The molecule has 0 spiro atoms. The fourth-order valence-electron chi connectivity index (χ4n) is 4.26. The van der Waals surface area contributed by atoms with Crippen LogP contribution in [-0.2, 0) is 13.0 Å². The number of carbonyl (C=O) groups excluding carboxylic acids is 1. The summed E-state index contributed by atoms with van der Waals surface area (Å²) < 4.78 is 17.4. The standard InChI is InChI=1S/C27H24ClNO4/c1-17-26-20(15-29(16-32-26)11-10-18-6-8-21(28)9-7-18)14-23-25(30)24(33-27(17)23)13-19-4-3-5-22(12-19)31-2/h3-9,12-14H,10-11,15-16H2,1-2H3/b24-13-. The Morgan fingerprint density at radius 2 is 1.94 bits per heavy atom. The smallest absolute Gasteiger partial charge is 0.231 e. The Kier molecular flexibility index (Phi) is 5.83. The van der Waals surface area contributed by atoms with E-state index in [1.807, 2.05) is 61.5 Å². The third-order valence-corrected chi connectivity index (χ3v) is 6.28. The van der Waals surface area contributed by atoms with Crippen LogP contribution < -0.4 is 14.2 Å². The molecule has 6 heteroatoms. The number of benzene rings is 3. The lowest BCUT2D eigenvalue weighted by Crippen LogP contribution is -2.34. The SMILES string of the molecule is COc1cccc(/C=C2\Oc3c(cc4c(c3C)OCN(CCc3ccc(Cl)cc3)C4)C2=O)c1. The van der Waals surface area contributed by atoms with Gasteiger partial charge in [-0.05, 0) is 60.9 Å². The molecule has 5 nitrogen and oxygen atoms in total. The van der Waals surface area contributed by atoms with Gasteiger partial charge in [-0.1, -0.05) is 35.9 Å². The lowest BCUT2D eigenvalue weighted by molar-refractivity contribution is 0.0954. The van der Waals surface area contributed by atoms with Gasteiger partial charge >= 0.3 is 0 Å². The summed E-state index contributed by atoms with van der Waals surface area (Å²) in [6.07, 6.45) is 2.65. The number of ether oxygens (including phenoxy) is 3. The Hall–Kier alpha value is -3.28. The Balaban J connectivity index is 1.35. The molecule has 0 N–H and O–H groups in total. The summed E-state index contributed by atoms with van der Waals surface area (Å²) in [6.45, 7) is 4.02. The second-order valence-electron chi connectivity index (χ2n) is 8.29. The van der Waals surface area contributed by atoms with Crippen LogP contribution in [0.4, 0.5) is 0 Å². The molecule has 2 heterocycles. The number of hydrogen-bond acceptors (Lipinski definition) is 5. The maximum Gasteiger partial charge on any atom is 0.231 e. The topological polar surface area (TPSA) is 48.0 Å². The van der Waals surface area contributed by atoms with Crippen molar-refractivity contribution >= 4 is 23.5 Å². The number of halogens is 1. The van der Waals surface area contributed by atoms with Crippen molar-refractivity contribution in [3.05, 3.63) is 93.2 Å². The number of Topliss-reactive ketones (excluding diaryl/α,β-unsaturated/α-hetero) is 1. The van der Waals surface area contributed by atoms with Crippen LogP contribution in [0.2, 0.25) is 5.02 Å². The lowest BCUT2D eigenvalue weighted by Gasteiger charge is -2.30. The average molecular weight is 462 g/mol. The average Bonchev–Trinajstić information content (AvgIpc) is 3.14. The van der Waals surface area contributed by atoms with Crippen LogP contribution in [0.1, 0.15) is 32.6 Å². The van der Waals surface area contributed by atoms with Gasteiger partial charge in [-0.25, -0.2) is 0 Å². The molecular weight excluding hydrogens is 438 g/mol. The fourth-order valence-corrected chi connectivity index (χ4v) is 4.39. The van der Waals surface area contributed by atoms with E-state index in [0.717, 1.165) is 52.7 Å². The monoisotopic (exact) mass is 461 g/mol. The molecule has 3 aromatic rings. The zero-order chi connectivity index (χ0) is 22.9. The van der Waals surface area contributed by atoms with E-state index in [1.54, 1.807) is 13.2 Å². The Bertz CT molecular complexity index is 1250. The molecule has 0 radical (unpaired) electrons. The molecule has 0 saturated carbocycles. The van der Waals surface area contributed by atoms with Gasteiger partial charge in [0.25, 0.3) is 0 Å². The molecule has 5 rings (SSSR count). The number of nitrogens with zero attached hydrogens (tertiary/aromatic N) is 1. The van der Waals surface area contributed by atoms with Crippen molar-refractivity contribution in [3.8, 4) is 17.2 Å². The number of rotatable bonds is 5. The first kappa shape index (κ1) is 21.6. The van der Waals surface area contributed by atoms with E-state index in [-0.39, 0.29) is 5.78 Å². The summed E-state index contributed by atoms with van der Waals surface area (Å²) in [7, 11) is 1.62. The largest absolute Gasteiger partial charge is 0.497 e. The summed E-state index contributed by atoms with van der Waals surface area (Å²) in [5, 5.41) is 0.741. The molecule has 0 unspecified atom stereocenters. The van der Waals surface area contributed by atoms with Gasteiger partial charge in [0.15, 0.2) is 5.76 Å². The highest BCUT2D eigenvalue weighted by Gasteiger charge is 2.33. The molecule has 2 aliphatic rings. The number of allylic oxidation sites excluding steroid dienone is 1. The van der Waals surface area contributed by atoms with Crippen molar-refractivity contribution in [3.63, 3.8) is 0 Å². The first-order chi connectivity index (χ1) is 16.0. The van der Waals surface area contributed by atoms with Crippen LogP contribution in [0.5, 0.6) is 17.2 Å². The van der Waals surface area contributed by atoms with E-state index in [9.17, 15) is 4.79 Å². The highest BCUT2D eigenvalue weighted by atomic mass is 35.5. The quantitative estimate of drug-likeness (QED) is 0.458. The predicted octanol–water partition coefficient (Wildman–Crippen LogP) is 5.67. The van der Waals surface area contributed by atoms with E-state index in [1.165, 1.54) is 5.56 Å². The van der Waals surface area contributed by atoms with Gasteiger partial charge < -0.3 is 14.2 Å². The Labute approximate surface area is 198 Å². The van der Waals surface area contributed by atoms with Gasteiger partial charge in [0.1, 0.15) is 24.0 Å². The minimum absolute atomic E-state index is 0.114. The third kappa shape index (κ3) is 4.34. The molecule has 0 bridgehead atoms. The fraction of sp³-hybridized carbons (Fsp3) is 0.222. The van der Waals surface area contributed by atoms with Crippen LogP contribution in [0, 0.1) is 6.92 Å². The van der Waals surface area contributed by atoms with Crippen LogP contribution >= 0.6 is 11.6 Å². The van der Waals surface area contributed by atoms with Crippen LogP contribution in [0.3, 0.4) is 0 Å². The third-order valence-electron chi connectivity index (χ3n) is 6.02. The molecule has 0 fully saturated rings. The van der Waals surface area contributed by atoms with Crippen LogP contribution in [0.15, 0.2) is 60.4 Å². The predicted molar refractivity (Wildman–Crippen MR) is 128 cm³/mol. The van der Waals surface area contributed by atoms with Gasteiger partial charge in [0.05, 0.1) is 12.7 Å². The van der Waals surface area contributed by atoms with Gasteiger partial charge in [-0.2, -0.15) is 0 Å². The zero-order valence-corrected chi connectivity index (χ0v) is 19.3. The number of ketones is 1. The maximum absolute atomic E-state index is 13.1. The number of hydrogen-bond donors (Lipinski definition) is 0. The minimum atomic E-state index is -0.114.